The second-order valence-electron chi connectivity index (χ2n) is 4.01. The number of fused-ring (bicyclic) bond motifs is 1. The zero-order valence-electron chi connectivity index (χ0n) is 8.47. The summed E-state index contributed by atoms with van der Waals surface area (Å²) in [5, 5.41) is 0. The van der Waals surface area contributed by atoms with Crippen molar-refractivity contribution in [1.82, 2.24) is 0 Å². The first-order valence-electron chi connectivity index (χ1n) is 4.94. The van der Waals surface area contributed by atoms with Gasteiger partial charge in [-0.1, -0.05) is 0 Å². The summed E-state index contributed by atoms with van der Waals surface area (Å²) >= 11 is 0. The standard InChI is InChI=1S/C11H13F2NO/c1-6(14)8-2-7-3-9(12)10(13)4-11(7)15-5-8/h3-4,6,8H,2,5,14H2,1H3/t6-,8?/m0/s1. The maximum Gasteiger partial charge on any atom is 0.162 e. The van der Waals surface area contributed by atoms with Crippen LogP contribution in [0.4, 0.5) is 8.78 Å². The largest absolute Gasteiger partial charge is 0.493 e. The highest BCUT2D eigenvalue weighted by Gasteiger charge is 2.24. The molecule has 0 spiro atoms. The van der Waals surface area contributed by atoms with E-state index >= 15 is 0 Å². The van der Waals surface area contributed by atoms with Crippen LogP contribution in [-0.4, -0.2) is 12.6 Å². The van der Waals surface area contributed by atoms with Crippen LogP contribution < -0.4 is 10.5 Å². The predicted octanol–water partition coefficient (Wildman–Crippen LogP) is 1.86. The molecule has 4 heteroatoms. The molecule has 15 heavy (non-hydrogen) atoms. The van der Waals surface area contributed by atoms with E-state index in [0.29, 0.717) is 24.3 Å². The van der Waals surface area contributed by atoms with Crippen LogP contribution >= 0.6 is 0 Å². The maximum atomic E-state index is 13.0. The fraction of sp³-hybridized carbons (Fsp3) is 0.455. The number of rotatable bonds is 1. The van der Waals surface area contributed by atoms with E-state index in [0.717, 1.165) is 6.07 Å². The lowest BCUT2D eigenvalue weighted by atomic mass is 9.92. The Hall–Kier alpha value is -1.16. The molecule has 82 valence electrons. The van der Waals surface area contributed by atoms with Gasteiger partial charge in [0.05, 0.1) is 6.61 Å². The SMILES string of the molecule is C[C@H](N)C1COc2cc(F)c(F)cc2C1. The molecule has 1 aromatic carbocycles. The molecule has 1 unspecified atom stereocenters. The van der Waals surface area contributed by atoms with Crippen molar-refractivity contribution in [1.29, 1.82) is 0 Å². The van der Waals surface area contributed by atoms with Gasteiger partial charge in [0.1, 0.15) is 5.75 Å². The van der Waals surface area contributed by atoms with Crippen LogP contribution in [0.1, 0.15) is 12.5 Å². The normalized spacial score (nSPS) is 21.7. The number of hydrogen-bond donors (Lipinski definition) is 1. The average molecular weight is 213 g/mol. The third-order valence-electron chi connectivity index (χ3n) is 2.78. The third-order valence-corrected chi connectivity index (χ3v) is 2.78. The van der Waals surface area contributed by atoms with E-state index in [-0.39, 0.29) is 12.0 Å². The van der Waals surface area contributed by atoms with Crippen molar-refractivity contribution in [2.45, 2.75) is 19.4 Å². The molecule has 2 N–H and O–H groups in total. The monoisotopic (exact) mass is 213 g/mol. The Morgan fingerprint density at radius 3 is 2.73 bits per heavy atom. The van der Waals surface area contributed by atoms with Crippen molar-refractivity contribution in [3.8, 4) is 5.75 Å². The molecule has 0 saturated carbocycles. The molecule has 1 aromatic rings. The van der Waals surface area contributed by atoms with Gasteiger partial charge in [0, 0.05) is 18.0 Å². The van der Waals surface area contributed by atoms with Gasteiger partial charge in [-0.25, -0.2) is 8.78 Å². The zero-order valence-corrected chi connectivity index (χ0v) is 8.47. The van der Waals surface area contributed by atoms with Crippen LogP contribution in [0.3, 0.4) is 0 Å². The summed E-state index contributed by atoms with van der Waals surface area (Å²) in [7, 11) is 0. The van der Waals surface area contributed by atoms with Crippen molar-refractivity contribution >= 4 is 0 Å². The van der Waals surface area contributed by atoms with Crippen LogP contribution in [0.2, 0.25) is 0 Å². The van der Waals surface area contributed by atoms with Crippen LogP contribution in [0.5, 0.6) is 5.75 Å². The molecular formula is C11H13F2NO. The van der Waals surface area contributed by atoms with Crippen molar-refractivity contribution in [3.05, 3.63) is 29.3 Å². The number of benzene rings is 1. The van der Waals surface area contributed by atoms with Crippen LogP contribution in [0, 0.1) is 17.6 Å². The topological polar surface area (TPSA) is 35.2 Å². The van der Waals surface area contributed by atoms with Crippen LogP contribution in [0.15, 0.2) is 12.1 Å². The van der Waals surface area contributed by atoms with Gasteiger partial charge in [0.15, 0.2) is 11.6 Å². The third kappa shape index (κ3) is 1.95. The highest BCUT2D eigenvalue weighted by atomic mass is 19.2. The van der Waals surface area contributed by atoms with Crippen LogP contribution in [0.25, 0.3) is 0 Å². The molecule has 1 heterocycles. The summed E-state index contributed by atoms with van der Waals surface area (Å²) in [6.07, 6.45) is 0.643. The van der Waals surface area contributed by atoms with Gasteiger partial charge in [0.2, 0.25) is 0 Å². The Kier molecular flexibility index (Phi) is 2.61. The Labute approximate surface area is 87.0 Å². The predicted molar refractivity (Wildman–Crippen MR) is 52.7 cm³/mol. The maximum absolute atomic E-state index is 13.0. The molecule has 0 amide bonds. The molecule has 1 aliphatic heterocycles. The van der Waals surface area contributed by atoms with Crippen molar-refractivity contribution in [2.75, 3.05) is 6.61 Å². The van der Waals surface area contributed by atoms with E-state index in [2.05, 4.69) is 0 Å². The number of hydrogen-bond acceptors (Lipinski definition) is 2. The zero-order chi connectivity index (χ0) is 11.0. The number of nitrogens with two attached hydrogens (primary N) is 1. The quantitative estimate of drug-likeness (QED) is 0.772. The Morgan fingerprint density at radius 1 is 1.40 bits per heavy atom. The Morgan fingerprint density at radius 2 is 2.07 bits per heavy atom. The minimum absolute atomic E-state index is 0.00809. The minimum Gasteiger partial charge on any atom is -0.493 e. The molecule has 0 radical (unpaired) electrons. The molecule has 2 nitrogen and oxygen atoms in total. The van der Waals surface area contributed by atoms with Crippen molar-refractivity contribution < 1.29 is 13.5 Å². The second kappa shape index (κ2) is 3.77. The molecular weight excluding hydrogens is 200 g/mol. The molecule has 0 bridgehead atoms. The van der Waals surface area contributed by atoms with E-state index in [4.69, 9.17) is 10.5 Å². The highest BCUT2D eigenvalue weighted by Crippen LogP contribution is 2.30. The van der Waals surface area contributed by atoms with Gasteiger partial charge in [-0.05, 0) is 25.0 Å². The van der Waals surface area contributed by atoms with Crippen molar-refractivity contribution in [3.63, 3.8) is 0 Å². The minimum atomic E-state index is -0.868. The Balaban J connectivity index is 2.30. The number of ether oxygens (including phenoxy) is 1. The fourth-order valence-electron chi connectivity index (χ4n) is 1.74. The van der Waals surface area contributed by atoms with Gasteiger partial charge >= 0.3 is 0 Å². The summed E-state index contributed by atoms with van der Waals surface area (Å²) in [6.45, 7) is 2.36. The first kappa shape index (κ1) is 10.4. The van der Waals surface area contributed by atoms with E-state index < -0.39 is 11.6 Å². The van der Waals surface area contributed by atoms with E-state index in [1.54, 1.807) is 0 Å². The fourth-order valence-corrected chi connectivity index (χ4v) is 1.74. The second-order valence-corrected chi connectivity index (χ2v) is 4.01. The summed E-state index contributed by atoms with van der Waals surface area (Å²) in [4.78, 5) is 0. The lowest BCUT2D eigenvalue weighted by molar-refractivity contribution is 0.202. The van der Waals surface area contributed by atoms with Gasteiger partial charge in [-0.15, -0.1) is 0 Å². The molecule has 2 atom stereocenters. The molecule has 0 aliphatic carbocycles. The van der Waals surface area contributed by atoms with Gasteiger partial charge in [0.25, 0.3) is 0 Å². The van der Waals surface area contributed by atoms with Crippen molar-refractivity contribution in [2.24, 2.45) is 11.7 Å². The highest BCUT2D eigenvalue weighted by molar-refractivity contribution is 5.36. The molecule has 0 saturated heterocycles. The molecule has 1 aliphatic rings. The first-order valence-corrected chi connectivity index (χ1v) is 4.94. The van der Waals surface area contributed by atoms with E-state index in [1.165, 1.54) is 6.07 Å². The molecule has 0 fully saturated rings. The number of halogens is 2. The lowest BCUT2D eigenvalue weighted by Gasteiger charge is -2.27. The lowest BCUT2D eigenvalue weighted by Crippen LogP contribution is -2.35. The first-order chi connectivity index (χ1) is 7.08. The Bertz CT molecular complexity index is 379. The summed E-state index contributed by atoms with van der Waals surface area (Å²) in [6, 6.07) is 2.28. The summed E-state index contributed by atoms with van der Waals surface area (Å²) < 4.78 is 31.2. The average Bonchev–Trinajstić information content (AvgIpc) is 2.19. The van der Waals surface area contributed by atoms with Gasteiger partial charge < -0.3 is 10.5 Å². The molecule has 0 aromatic heterocycles. The molecule has 2 rings (SSSR count). The van der Waals surface area contributed by atoms with E-state index in [1.807, 2.05) is 6.92 Å². The summed E-state index contributed by atoms with van der Waals surface area (Å²) in [5.41, 5.74) is 6.44. The smallest absolute Gasteiger partial charge is 0.162 e. The van der Waals surface area contributed by atoms with Gasteiger partial charge in [-0.2, -0.15) is 0 Å². The van der Waals surface area contributed by atoms with Gasteiger partial charge in [-0.3, -0.25) is 0 Å². The van der Waals surface area contributed by atoms with Crippen LogP contribution in [-0.2, 0) is 6.42 Å². The summed E-state index contributed by atoms with van der Waals surface area (Å²) in [5.74, 6) is -1.09. The van der Waals surface area contributed by atoms with E-state index in [9.17, 15) is 8.78 Å².